The normalized spacial score (nSPS) is 11.2. The summed E-state index contributed by atoms with van der Waals surface area (Å²) in [4.78, 5) is 0. The Morgan fingerprint density at radius 3 is 2.09 bits per heavy atom. The molecule has 106 valence electrons. The van der Waals surface area contributed by atoms with E-state index in [0.717, 1.165) is 42.7 Å². The molecule has 0 N–H and O–H groups in total. The minimum Gasteiger partial charge on any atom is -0.0836 e. The third-order valence-corrected chi connectivity index (χ3v) is 4.71. The van der Waals surface area contributed by atoms with Crippen LogP contribution in [-0.2, 0) is 0 Å². The van der Waals surface area contributed by atoms with Gasteiger partial charge in [0.25, 0.3) is 0 Å². The lowest BCUT2D eigenvalue weighted by Gasteiger charge is -2.10. The van der Waals surface area contributed by atoms with Crippen molar-refractivity contribution in [2.75, 3.05) is 0 Å². The van der Waals surface area contributed by atoms with Gasteiger partial charge in [-0.1, -0.05) is 83.9 Å². The number of rotatable bonds is 1. The second kappa shape index (κ2) is 5.31. The predicted octanol–water partition coefficient (Wildman–Crippen LogP) is 6.97. The zero-order valence-corrected chi connectivity index (χ0v) is 13.2. The summed E-state index contributed by atoms with van der Waals surface area (Å²) in [6.07, 6.45) is 0. The quantitative estimate of drug-likeness (QED) is 0.355. The van der Waals surface area contributed by atoms with Crippen molar-refractivity contribution < 1.29 is 0 Å². The van der Waals surface area contributed by atoms with Crippen molar-refractivity contribution in [2.45, 2.75) is 0 Å². The zero-order chi connectivity index (χ0) is 15.1. The molecule has 4 aromatic carbocycles. The second-order valence-corrected chi connectivity index (χ2v) is 6.11. The van der Waals surface area contributed by atoms with E-state index in [1.165, 1.54) is 0 Å². The van der Waals surface area contributed by atoms with Gasteiger partial charge in [0.2, 0.25) is 0 Å². The molecule has 2 heteroatoms. The van der Waals surface area contributed by atoms with Crippen LogP contribution in [0.4, 0.5) is 0 Å². The fourth-order valence-electron chi connectivity index (χ4n) is 2.88. The molecule has 0 fully saturated rings. The zero-order valence-electron chi connectivity index (χ0n) is 11.7. The highest BCUT2D eigenvalue weighted by molar-refractivity contribution is 6.39. The smallest absolute Gasteiger partial charge is 0.0562 e. The number of hydrogen-bond donors (Lipinski definition) is 0. The highest BCUT2D eigenvalue weighted by Crippen LogP contribution is 2.37. The van der Waals surface area contributed by atoms with Gasteiger partial charge in [-0.25, -0.2) is 0 Å². The van der Waals surface area contributed by atoms with Crippen LogP contribution < -0.4 is 0 Å². The Balaban J connectivity index is 2.01. The van der Waals surface area contributed by atoms with E-state index in [1.54, 1.807) is 0 Å². The second-order valence-electron chi connectivity index (χ2n) is 5.33. The SMILES string of the molecule is Clc1cc(-c2ccc3ccccc3c2Cl)cc2ccccc12. The standard InChI is InChI=1S/C20H12Cl2/c21-19-12-15(11-14-6-2-3-7-16(14)19)18-10-9-13-5-1-4-8-17(13)20(18)22/h1-12H. The van der Waals surface area contributed by atoms with Crippen molar-refractivity contribution in [3.8, 4) is 11.1 Å². The highest BCUT2D eigenvalue weighted by Gasteiger charge is 2.10. The Hall–Kier alpha value is -2.02. The molecule has 4 rings (SSSR count). The predicted molar refractivity (Wildman–Crippen MR) is 96.9 cm³/mol. The largest absolute Gasteiger partial charge is 0.0836 e. The van der Waals surface area contributed by atoms with Gasteiger partial charge in [-0.15, -0.1) is 0 Å². The van der Waals surface area contributed by atoms with Gasteiger partial charge in [0.15, 0.2) is 0 Å². The van der Waals surface area contributed by atoms with Gasteiger partial charge in [-0.3, -0.25) is 0 Å². The van der Waals surface area contributed by atoms with E-state index in [9.17, 15) is 0 Å². The van der Waals surface area contributed by atoms with E-state index in [1.807, 2.05) is 42.5 Å². The summed E-state index contributed by atoms with van der Waals surface area (Å²) in [6.45, 7) is 0. The average molecular weight is 323 g/mol. The average Bonchev–Trinajstić information content (AvgIpc) is 2.55. The van der Waals surface area contributed by atoms with Gasteiger partial charge < -0.3 is 0 Å². The fraction of sp³-hybridized carbons (Fsp3) is 0. The minimum atomic E-state index is 0.748. The Bertz CT molecular complexity index is 1000. The van der Waals surface area contributed by atoms with Crippen molar-refractivity contribution in [3.63, 3.8) is 0 Å². The Morgan fingerprint density at radius 2 is 1.27 bits per heavy atom. The van der Waals surface area contributed by atoms with E-state index in [0.29, 0.717) is 0 Å². The third-order valence-electron chi connectivity index (χ3n) is 3.99. The van der Waals surface area contributed by atoms with Crippen molar-refractivity contribution >= 4 is 44.7 Å². The van der Waals surface area contributed by atoms with Gasteiger partial charge in [0, 0.05) is 21.4 Å². The van der Waals surface area contributed by atoms with Crippen LogP contribution in [0.15, 0.2) is 72.8 Å². The summed E-state index contributed by atoms with van der Waals surface area (Å²) in [5.41, 5.74) is 2.05. The Labute approximate surface area is 138 Å². The van der Waals surface area contributed by atoms with Crippen LogP contribution in [-0.4, -0.2) is 0 Å². The lowest BCUT2D eigenvalue weighted by molar-refractivity contribution is 1.67. The molecule has 0 radical (unpaired) electrons. The molecule has 0 aromatic heterocycles. The van der Waals surface area contributed by atoms with Gasteiger partial charge >= 0.3 is 0 Å². The van der Waals surface area contributed by atoms with E-state index in [-0.39, 0.29) is 0 Å². The Morgan fingerprint density at radius 1 is 0.591 bits per heavy atom. The molecule has 22 heavy (non-hydrogen) atoms. The molecule has 4 aromatic rings. The molecule has 0 saturated carbocycles. The monoisotopic (exact) mass is 322 g/mol. The number of benzene rings is 4. The molecule has 0 atom stereocenters. The molecule has 0 unspecified atom stereocenters. The van der Waals surface area contributed by atoms with Crippen LogP contribution in [0.3, 0.4) is 0 Å². The molecular weight excluding hydrogens is 311 g/mol. The van der Waals surface area contributed by atoms with Crippen LogP contribution in [0.25, 0.3) is 32.7 Å². The van der Waals surface area contributed by atoms with Crippen LogP contribution in [0.5, 0.6) is 0 Å². The van der Waals surface area contributed by atoms with Gasteiger partial charge in [0.1, 0.15) is 0 Å². The van der Waals surface area contributed by atoms with Crippen LogP contribution >= 0.6 is 23.2 Å². The van der Waals surface area contributed by atoms with E-state index in [4.69, 9.17) is 23.2 Å². The molecule has 0 nitrogen and oxygen atoms in total. The van der Waals surface area contributed by atoms with Gasteiger partial charge in [-0.2, -0.15) is 0 Å². The van der Waals surface area contributed by atoms with Crippen LogP contribution in [0.2, 0.25) is 10.0 Å². The number of halogens is 2. The van der Waals surface area contributed by atoms with E-state index >= 15 is 0 Å². The third kappa shape index (κ3) is 2.16. The number of fused-ring (bicyclic) bond motifs is 2. The molecule has 0 spiro atoms. The molecule has 0 saturated heterocycles. The highest BCUT2D eigenvalue weighted by atomic mass is 35.5. The summed E-state index contributed by atoms with van der Waals surface area (Å²) in [5, 5.41) is 5.90. The lowest BCUT2D eigenvalue weighted by Crippen LogP contribution is -1.84. The summed E-state index contributed by atoms with van der Waals surface area (Å²) in [5.74, 6) is 0. The molecule has 0 bridgehead atoms. The first-order valence-corrected chi connectivity index (χ1v) is 7.85. The first-order valence-electron chi connectivity index (χ1n) is 7.10. The summed E-state index contributed by atoms with van der Waals surface area (Å²) < 4.78 is 0. The van der Waals surface area contributed by atoms with Crippen molar-refractivity contribution in [1.82, 2.24) is 0 Å². The topological polar surface area (TPSA) is 0 Å². The fourth-order valence-corrected chi connectivity index (χ4v) is 3.51. The summed E-state index contributed by atoms with van der Waals surface area (Å²) in [7, 11) is 0. The Kier molecular flexibility index (Phi) is 3.29. The molecule has 0 aliphatic heterocycles. The first kappa shape index (κ1) is 13.6. The number of hydrogen-bond acceptors (Lipinski definition) is 0. The van der Waals surface area contributed by atoms with Crippen molar-refractivity contribution in [2.24, 2.45) is 0 Å². The van der Waals surface area contributed by atoms with Crippen molar-refractivity contribution in [1.29, 1.82) is 0 Å². The molecular formula is C20H12Cl2. The molecule has 0 amide bonds. The molecule has 0 heterocycles. The summed E-state index contributed by atoms with van der Waals surface area (Å²) in [6, 6.07) is 24.5. The van der Waals surface area contributed by atoms with Crippen molar-refractivity contribution in [3.05, 3.63) is 82.8 Å². The first-order chi connectivity index (χ1) is 10.7. The van der Waals surface area contributed by atoms with E-state index < -0.39 is 0 Å². The summed E-state index contributed by atoms with van der Waals surface area (Å²) >= 11 is 13.1. The maximum absolute atomic E-state index is 6.64. The maximum Gasteiger partial charge on any atom is 0.0562 e. The van der Waals surface area contributed by atoms with Crippen LogP contribution in [0.1, 0.15) is 0 Å². The van der Waals surface area contributed by atoms with E-state index in [2.05, 4.69) is 30.3 Å². The lowest BCUT2D eigenvalue weighted by atomic mass is 9.98. The minimum absolute atomic E-state index is 0.748. The molecule has 0 aliphatic carbocycles. The van der Waals surface area contributed by atoms with Gasteiger partial charge in [-0.05, 0) is 28.5 Å². The molecule has 0 aliphatic rings. The van der Waals surface area contributed by atoms with Crippen LogP contribution in [0, 0.1) is 0 Å². The van der Waals surface area contributed by atoms with Gasteiger partial charge in [0.05, 0.1) is 5.02 Å². The maximum atomic E-state index is 6.64.